The standard InChI is InChI=1S/C26H24N5O/c1-19-14-26(32-23-8-3-2-4-9-23)29-25-15-21(10-11-24(19)25)30(20-6-5-7-20)31-13-12-27-16-22(31)17-28-18-31/h2-4,8-18,20H,5-7H2,1H3/q+1. The van der Waals surface area contributed by atoms with Gasteiger partial charge in [0.15, 0.2) is 6.20 Å². The summed E-state index contributed by atoms with van der Waals surface area (Å²) in [6, 6.07) is 18.8. The van der Waals surface area contributed by atoms with Crippen molar-refractivity contribution in [2.75, 3.05) is 5.01 Å². The molecule has 32 heavy (non-hydrogen) atoms. The number of pyridine rings is 1. The molecule has 1 saturated carbocycles. The molecule has 1 atom stereocenters. The molecule has 1 aliphatic carbocycles. The molecule has 158 valence electrons. The maximum absolute atomic E-state index is 6.04. The molecule has 0 N–H and O–H groups in total. The van der Waals surface area contributed by atoms with E-state index in [9.17, 15) is 0 Å². The second-order valence-electron chi connectivity index (χ2n) is 8.46. The van der Waals surface area contributed by atoms with E-state index < -0.39 is 0 Å². The molecular formula is C26H24N5O+. The Kier molecular flexibility index (Phi) is 4.40. The second-order valence-corrected chi connectivity index (χ2v) is 8.46. The SMILES string of the molecule is Cc1cc(Oc2ccccc2)nc2cc(N(C3CCC3)[N+]34C=CN=CC3=CN=C4)ccc12. The number of aliphatic imine (C=N–C) groups is 2. The van der Waals surface area contributed by atoms with Crippen LogP contribution in [-0.2, 0) is 0 Å². The van der Waals surface area contributed by atoms with Gasteiger partial charge in [0.05, 0.1) is 35.9 Å². The third-order valence-electron chi connectivity index (χ3n) is 6.43. The van der Waals surface area contributed by atoms with Crippen LogP contribution in [0.4, 0.5) is 5.69 Å². The summed E-state index contributed by atoms with van der Waals surface area (Å²) in [5.74, 6) is 1.39. The molecule has 3 aliphatic rings. The minimum absolute atomic E-state index is 0.432. The van der Waals surface area contributed by atoms with Gasteiger partial charge in [-0.2, -0.15) is 0 Å². The maximum Gasteiger partial charge on any atom is 0.225 e. The average Bonchev–Trinajstić information content (AvgIpc) is 3.21. The van der Waals surface area contributed by atoms with Crippen molar-refractivity contribution in [1.29, 1.82) is 0 Å². The lowest BCUT2D eigenvalue weighted by atomic mass is 9.91. The largest absolute Gasteiger partial charge is 0.439 e. The summed E-state index contributed by atoms with van der Waals surface area (Å²) < 4.78 is 6.49. The molecule has 0 bridgehead atoms. The van der Waals surface area contributed by atoms with Crippen molar-refractivity contribution >= 4 is 29.1 Å². The Hall–Kier alpha value is -3.77. The zero-order valence-electron chi connectivity index (χ0n) is 17.9. The van der Waals surface area contributed by atoms with E-state index in [1.807, 2.05) is 61.4 Å². The van der Waals surface area contributed by atoms with Gasteiger partial charge < -0.3 is 4.74 Å². The molecular weight excluding hydrogens is 398 g/mol. The van der Waals surface area contributed by atoms with Crippen molar-refractivity contribution in [2.45, 2.75) is 32.2 Å². The number of benzene rings is 2. The minimum atomic E-state index is 0.432. The number of aromatic nitrogens is 1. The lowest BCUT2D eigenvalue weighted by Gasteiger charge is -2.46. The van der Waals surface area contributed by atoms with Crippen molar-refractivity contribution in [1.82, 2.24) is 4.98 Å². The van der Waals surface area contributed by atoms with Crippen LogP contribution in [0.1, 0.15) is 24.8 Å². The van der Waals surface area contributed by atoms with E-state index in [2.05, 4.69) is 46.3 Å². The molecule has 2 aliphatic heterocycles. The Balaban J connectivity index is 1.44. The minimum Gasteiger partial charge on any atom is -0.439 e. The van der Waals surface area contributed by atoms with Crippen LogP contribution in [0, 0.1) is 6.92 Å². The van der Waals surface area contributed by atoms with Crippen molar-refractivity contribution in [3.8, 4) is 11.6 Å². The predicted octanol–water partition coefficient (Wildman–Crippen LogP) is 5.87. The number of nitrogens with zero attached hydrogens (tertiary/aromatic N) is 5. The lowest BCUT2D eigenvalue weighted by Crippen LogP contribution is -2.61. The molecule has 2 aromatic carbocycles. The quantitative estimate of drug-likeness (QED) is 0.484. The topological polar surface area (TPSA) is 50.1 Å². The molecule has 6 nitrogen and oxygen atoms in total. The number of rotatable bonds is 5. The summed E-state index contributed by atoms with van der Waals surface area (Å²) in [5.41, 5.74) is 4.23. The van der Waals surface area contributed by atoms with Crippen LogP contribution >= 0.6 is 0 Å². The molecule has 6 heteroatoms. The van der Waals surface area contributed by atoms with Crippen LogP contribution in [0.25, 0.3) is 10.9 Å². The molecule has 0 spiro atoms. The lowest BCUT2D eigenvalue weighted by molar-refractivity contribution is -0.746. The monoisotopic (exact) mass is 422 g/mol. The smallest absolute Gasteiger partial charge is 0.225 e. The van der Waals surface area contributed by atoms with E-state index in [4.69, 9.17) is 9.72 Å². The Morgan fingerprint density at radius 3 is 2.72 bits per heavy atom. The molecule has 0 saturated heterocycles. The molecule has 0 amide bonds. The molecule has 1 aromatic heterocycles. The van der Waals surface area contributed by atoms with E-state index in [1.54, 1.807) is 0 Å². The number of para-hydroxylation sites is 1. The fourth-order valence-corrected chi connectivity index (χ4v) is 4.60. The van der Waals surface area contributed by atoms with Gasteiger partial charge in [0.1, 0.15) is 5.75 Å². The van der Waals surface area contributed by atoms with Crippen LogP contribution in [0.15, 0.2) is 88.9 Å². The molecule has 3 aromatic rings. The number of fused-ring (bicyclic) bond motifs is 2. The van der Waals surface area contributed by atoms with Gasteiger partial charge in [-0.1, -0.05) is 24.3 Å². The maximum atomic E-state index is 6.04. The van der Waals surface area contributed by atoms with Crippen molar-refractivity contribution < 1.29 is 9.33 Å². The first-order valence-corrected chi connectivity index (χ1v) is 11.0. The summed E-state index contributed by atoms with van der Waals surface area (Å²) in [4.78, 5) is 13.7. The van der Waals surface area contributed by atoms with E-state index >= 15 is 0 Å². The van der Waals surface area contributed by atoms with E-state index in [-0.39, 0.29) is 0 Å². The van der Waals surface area contributed by atoms with Crippen molar-refractivity contribution in [3.63, 3.8) is 0 Å². The summed E-state index contributed by atoms with van der Waals surface area (Å²) >= 11 is 0. The second kappa shape index (κ2) is 7.43. The summed E-state index contributed by atoms with van der Waals surface area (Å²) in [6.45, 7) is 2.10. The van der Waals surface area contributed by atoms with Crippen LogP contribution in [0.2, 0.25) is 0 Å². The predicted molar refractivity (Wildman–Crippen MR) is 128 cm³/mol. The van der Waals surface area contributed by atoms with Gasteiger partial charge >= 0.3 is 0 Å². The number of hydrogen-bond donors (Lipinski definition) is 0. The first-order valence-electron chi connectivity index (χ1n) is 11.0. The van der Waals surface area contributed by atoms with Gasteiger partial charge in [0.25, 0.3) is 0 Å². The highest BCUT2D eigenvalue weighted by molar-refractivity contribution is 5.87. The van der Waals surface area contributed by atoms with Gasteiger partial charge in [-0.25, -0.2) is 15.0 Å². The first kappa shape index (κ1) is 19.0. The third kappa shape index (κ3) is 3.03. The number of hydrogen-bond acceptors (Lipinski definition) is 5. The Morgan fingerprint density at radius 1 is 1.03 bits per heavy atom. The van der Waals surface area contributed by atoms with Gasteiger partial charge in [-0.05, 0) is 56.0 Å². The van der Waals surface area contributed by atoms with Gasteiger partial charge in [0.2, 0.25) is 17.9 Å². The Bertz CT molecular complexity index is 1310. The summed E-state index contributed by atoms with van der Waals surface area (Å²) in [5, 5.41) is 3.57. The van der Waals surface area contributed by atoms with Crippen LogP contribution < -0.4 is 9.75 Å². The van der Waals surface area contributed by atoms with Gasteiger partial charge in [-0.3, -0.25) is 4.99 Å². The molecule has 1 unspecified atom stereocenters. The highest BCUT2D eigenvalue weighted by Gasteiger charge is 2.46. The average molecular weight is 423 g/mol. The first-order chi connectivity index (χ1) is 15.7. The van der Waals surface area contributed by atoms with Crippen molar-refractivity contribution in [3.05, 3.63) is 84.5 Å². The molecule has 0 radical (unpaired) electrons. The van der Waals surface area contributed by atoms with E-state index in [0.717, 1.165) is 46.4 Å². The highest BCUT2D eigenvalue weighted by atomic mass is 16.5. The van der Waals surface area contributed by atoms with Crippen LogP contribution in [-0.4, -0.2) is 28.2 Å². The number of quaternary nitrogens is 1. The number of allylic oxidation sites excluding steroid dienone is 1. The molecule has 1 fully saturated rings. The zero-order chi connectivity index (χ0) is 21.5. The zero-order valence-corrected chi connectivity index (χ0v) is 17.9. The fourth-order valence-electron chi connectivity index (χ4n) is 4.60. The van der Waals surface area contributed by atoms with Gasteiger partial charge in [0, 0.05) is 11.5 Å². The number of aryl methyl sites for hydroxylation is 1. The van der Waals surface area contributed by atoms with Crippen LogP contribution in [0.5, 0.6) is 11.6 Å². The number of ether oxygens (including phenoxy) is 1. The van der Waals surface area contributed by atoms with E-state index in [1.165, 1.54) is 6.42 Å². The molecule has 3 heterocycles. The van der Waals surface area contributed by atoms with E-state index in [0.29, 0.717) is 16.5 Å². The summed E-state index contributed by atoms with van der Waals surface area (Å²) in [7, 11) is 0. The molecule has 6 rings (SSSR count). The van der Waals surface area contributed by atoms with Gasteiger partial charge in [-0.15, -0.1) is 4.59 Å². The Labute approximate surface area is 187 Å². The van der Waals surface area contributed by atoms with Crippen molar-refractivity contribution in [2.24, 2.45) is 9.98 Å². The normalized spacial score (nSPS) is 21.3. The number of anilines is 1. The fraction of sp³-hybridized carbons (Fsp3) is 0.192. The third-order valence-corrected chi connectivity index (χ3v) is 6.43. The van der Waals surface area contributed by atoms with Crippen LogP contribution in [0.3, 0.4) is 0 Å². The highest BCUT2D eigenvalue weighted by Crippen LogP contribution is 2.40. The Morgan fingerprint density at radius 2 is 1.91 bits per heavy atom. The summed E-state index contributed by atoms with van der Waals surface area (Å²) in [6.07, 6.45) is 13.3.